The number of aromatic nitrogens is 1. The zero-order chi connectivity index (χ0) is 21.0. The number of aryl methyl sites for hydroxylation is 1. The molecule has 1 aromatic heterocycles. The molecule has 0 aliphatic rings. The Hall–Kier alpha value is -2.75. The van der Waals surface area contributed by atoms with Crippen LogP contribution >= 0.6 is 11.3 Å². The number of amides is 2. The van der Waals surface area contributed by atoms with Gasteiger partial charge in [0.05, 0.1) is 5.69 Å². The summed E-state index contributed by atoms with van der Waals surface area (Å²) in [4.78, 5) is 18.2. The lowest BCUT2D eigenvalue weighted by Gasteiger charge is -2.15. The Bertz CT molecular complexity index is 1090. The molecule has 0 unspecified atom stereocenters. The monoisotopic (exact) mass is 430 g/mol. The molecular weight excluding hydrogens is 408 g/mol. The molecule has 0 aliphatic carbocycles. The minimum absolute atomic E-state index is 0.129. The van der Waals surface area contributed by atoms with Crippen LogP contribution in [0.2, 0.25) is 0 Å². The van der Waals surface area contributed by atoms with Gasteiger partial charge in [0, 0.05) is 12.7 Å². The van der Waals surface area contributed by atoms with Crippen molar-refractivity contribution in [3.63, 3.8) is 0 Å². The van der Waals surface area contributed by atoms with Crippen molar-refractivity contribution in [1.82, 2.24) is 9.71 Å². The standard InChI is InChI=1S/C20H22N4O3S2/c1-4-17-18(29(26,27)21-2)28-20(23-17)24(3)19(25)22-16-12-10-15(11-13-16)14-8-6-5-7-9-14/h5-13,21H,4H2,1-3H3,(H,22,25). The van der Waals surface area contributed by atoms with E-state index in [1.54, 1.807) is 7.05 Å². The number of carbonyl (C=O) groups is 1. The molecule has 29 heavy (non-hydrogen) atoms. The van der Waals surface area contributed by atoms with Crippen molar-refractivity contribution < 1.29 is 13.2 Å². The highest BCUT2D eigenvalue weighted by atomic mass is 32.2. The number of nitrogens with one attached hydrogen (secondary N) is 2. The molecule has 0 aliphatic heterocycles. The number of thiazole rings is 1. The number of hydrogen-bond acceptors (Lipinski definition) is 5. The van der Waals surface area contributed by atoms with E-state index in [1.807, 2.05) is 61.5 Å². The maximum atomic E-state index is 12.6. The zero-order valence-electron chi connectivity index (χ0n) is 16.3. The lowest BCUT2D eigenvalue weighted by molar-refractivity contribution is 0.258. The minimum atomic E-state index is -3.62. The highest BCUT2D eigenvalue weighted by Gasteiger charge is 2.24. The van der Waals surface area contributed by atoms with Crippen LogP contribution in [0.3, 0.4) is 0 Å². The predicted molar refractivity (Wildman–Crippen MR) is 117 cm³/mol. The Labute approximate surface area is 174 Å². The van der Waals surface area contributed by atoms with Crippen molar-refractivity contribution in [2.45, 2.75) is 17.6 Å². The van der Waals surface area contributed by atoms with Gasteiger partial charge in [0.15, 0.2) is 9.34 Å². The molecule has 0 radical (unpaired) electrons. The van der Waals surface area contributed by atoms with Gasteiger partial charge in [-0.2, -0.15) is 0 Å². The van der Waals surface area contributed by atoms with E-state index < -0.39 is 16.1 Å². The molecule has 0 saturated heterocycles. The lowest BCUT2D eigenvalue weighted by Crippen LogP contribution is -2.31. The Morgan fingerprint density at radius 2 is 1.69 bits per heavy atom. The summed E-state index contributed by atoms with van der Waals surface area (Å²) in [6.07, 6.45) is 0.448. The van der Waals surface area contributed by atoms with Crippen molar-refractivity contribution in [3.8, 4) is 11.1 Å². The van der Waals surface area contributed by atoms with Crippen LogP contribution in [0, 0.1) is 0 Å². The van der Waals surface area contributed by atoms with Crippen molar-refractivity contribution in [2.75, 3.05) is 24.3 Å². The van der Waals surface area contributed by atoms with E-state index in [2.05, 4.69) is 15.0 Å². The number of anilines is 2. The largest absolute Gasteiger partial charge is 0.327 e. The molecule has 0 atom stereocenters. The average molecular weight is 431 g/mol. The highest BCUT2D eigenvalue weighted by molar-refractivity contribution is 7.91. The average Bonchev–Trinajstić information content (AvgIpc) is 3.20. The first-order chi connectivity index (χ1) is 13.9. The molecule has 1 heterocycles. The molecule has 152 valence electrons. The molecule has 0 fully saturated rings. The molecule has 0 saturated carbocycles. The van der Waals surface area contributed by atoms with Gasteiger partial charge < -0.3 is 5.32 Å². The highest BCUT2D eigenvalue weighted by Crippen LogP contribution is 2.30. The van der Waals surface area contributed by atoms with Crippen molar-refractivity contribution >= 4 is 38.2 Å². The summed E-state index contributed by atoms with van der Waals surface area (Å²) in [5.41, 5.74) is 3.21. The van der Waals surface area contributed by atoms with Crippen LogP contribution in [-0.2, 0) is 16.4 Å². The van der Waals surface area contributed by atoms with Gasteiger partial charge in [0.2, 0.25) is 0 Å². The number of rotatable bonds is 6. The van der Waals surface area contributed by atoms with E-state index in [0.717, 1.165) is 22.5 Å². The summed E-state index contributed by atoms with van der Waals surface area (Å²) < 4.78 is 26.8. The summed E-state index contributed by atoms with van der Waals surface area (Å²) in [5, 5.41) is 3.12. The fourth-order valence-electron chi connectivity index (χ4n) is 2.67. The Morgan fingerprint density at radius 1 is 1.07 bits per heavy atom. The number of benzene rings is 2. The first-order valence-corrected chi connectivity index (χ1v) is 11.3. The topological polar surface area (TPSA) is 91.4 Å². The SMILES string of the molecule is CCc1nc(N(C)C(=O)Nc2ccc(-c3ccccc3)cc2)sc1S(=O)(=O)NC. The Morgan fingerprint density at radius 3 is 2.28 bits per heavy atom. The lowest BCUT2D eigenvalue weighted by atomic mass is 10.1. The third-order valence-corrected chi connectivity index (χ3v) is 7.47. The fraction of sp³-hybridized carbons (Fsp3) is 0.200. The molecule has 2 amide bonds. The van der Waals surface area contributed by atoms with E-state index in [-0.39, 0.29) is 4.21 Å². The summed E-state index contributed by atoms with van der Waals surface area (Å²) in [6.45, 7) is 1.82. The van der Waals surface area contributed by atoms with Gasteiger partial charge in [-0.25, -0.2) is 22.9 Å². The summed E-state index contributed by atoms with van der Waals surface area (Å²) in [6, 6.07) is 17.1. The minimum Gasteiger partial charge on any atom is -0.307 e. The van der Waals surface area contributed by atoms with E-state index in [1.165, 1.54) is 11.9 Å². The summed E-state index contributed by atoms with van der Waals surface area (Å²) in [5.74, 6) is 0. The van der Waals surface area contributed by atoms with Gasteiger partial charge in [-0.3, -0.25) is 4.90 Å². The van der Waals surface area contributed by atoms with Crippen molar-refractivity contribution in [1.29, 1.82) is 0 Å². The molecule has 7 nitrogen and oxygen atoms in total. The molecule has 3 aromatic rings. The van der Waals surface area contributed by atoms with Crippen LogP contribution in [0.25, 0.3) is 11.1 Å². The molecule has 9 heteroatoms. The van der Waals surface area contributed by atoms with Crippen LogP contribution in [0.4, 0.5) is 15.6 Å². The smallest absolute Gasteiger partial charge is 0.307 e. The van der Waals surface area contributed by atoms with Gasteiger partial charge in [0.1, 0.15) is 0 Å². The van der Waals surface area contributed by atoms with Crippen molar-refractivity contribution in [2.24, 2.45) is 0 Å². The quantitative estimate of drug-likeness (QED) is 0.619. The van der Waals surface area contributed by atoms with E-state index in [0.29, 0.717) is 22.9 Å². The molecule has 0 bridgehead atoms. The third-order valence-electron chi connectivity index (χ3n) is 4.33. The zero-order valence-corrected chi connectivity index (χ0v) is 18.0. The molecule has 3 rings (SSSR count). The summed E-state index contributed by atoms with van der Waals surface area (Å²) in [7, 11) is -0.714. The second-order valence-electron chi connectivity index (χ2n) is 6.22. The van der Waals surface area contributed by atoms with Gasteiger partial charge in [-0.15, -0.1) is 0 Å². The van der Waals surface area contributed by atoms with Crippen LogP contribution in [0.15, 0.2) is 58.8 Å². The van der Waals surface area contributed by atoms with Crippen LogP contribution in [-0.4, -0.2) is 33.5 Å². The second kappa shape index (κ2) is 8.73. The maximum Gasteiger partial charge on any atom is 0.327 e. The van der Waals surface area contributed by atoms with E-state index >= 15 is 0 Å². The summed E-state index contributed by atoms with van der Waals surface area (Å²) >= 11 is 0.966. The number of carbonyl (C=O) groups excluding carboxylic acids is 1. The molecule has 0 spiro atoms. The Balaban J connectivity index is 1.76. The van der Waals surface area contributed by atoms with Gasteiger partial charge in [-0.05, 0) is 36.7 Å². The second-order valence-corrected chi connectivity index (χ2v) is 9.28. The first-order valence-electron chi connectivity index (χ1n) is 8.99. The molecule has 2 N–H and O–H groups in total. The number of sulfonamides is 1. The third kappa shape index (κ3) is 4.64. The normalized spacial score (nSPS) is 11.3. The predicted octanol–water partition coefficient (Wildman–Crippen LogP) is 3.95. The van der Waals surface area contributed by atoms with Crippen LogP contribution in [0.1, 0.15) is 12.6 Å². The fourth-order valence-corrected chi connectivity index (χ4v) is 5.11. The van der Waals surface area contributed by atoms with E-state index in [9.17, 15) is 13.2 Å². The van der Waals surface area contributed by atoms with E-state index in [4.69, 9.17) is 0 Å². The molecule has 2 aromatic carbocycles. The maximum absolute atomic E-state index is 12.6. The number of hydrogen-bond donors (Lipinski definition) is 2. The first kappa shape index (κ1) is 21.0. The van der Waals surface area contributed by atoms with Crippen LogP contribution < -0.4 is 14.9 Å². The molecular formula is C20H22N4O3S2. The van der Waals surface area contributed by atoms with Gasteiger partial charge in [0.25, 0.3) is 10.0 Å². The number of nitrogens with zero attached hydrogens (tertiary/aromatic N) is 2. The Kier molecular flexibility index (Phi) is 6.31. The van der Waals surface area contributed by atoms with Crippen LogP contribution in [0.5, 0.6) is 0 Å². The number of urea groups is 1. The van der Waals surface area contributed by atoms with Gasteiger partial charge >= 0.3 is 6.03 Å². The van der Waals surface area contributed by atoms with Crippen molar-refractivity contribution in [3.05, 3.63) is 60.3 Å². The van der Waals surface area contributed by atoms with Gasteiger partial charge in [-0.1, -0.05) is 60.7 Å².